The molecule has 0 aliphatic carbocycles. The molecule has 3 aliphatic heterocycles. The number of carbonyl (C=O) groups excluding carboxylic acids is 2. The molecule has 1 aromatic heterocycles. The van der Waals surface area contributed by atoms with Crippen LogP contribution in [-0.2, 0) is 22.6 Å². The normalized spacial score (nSPS) is 24.2. The van der Waals surface area contributed by atoms with E-state index in [2.05, 4.69) is 26.9 Å². The minimum Gasteiger partial charge on any atom is -0.467 e. The van der Waals surface area contributed by atoms with E-state index < -0.39 is 0 Å². The van der Waals surface area contributed by atoms with Gasteiger partial charge in [-0.3, -0.25) is 14.5 Å². The number of piperazine rings is 1. The summed E-state index contributed by atoms with van der Waals surface area (Å²) in [4.78, 5) is 29.6. The Morgan fingerprint density at radius 3 is 2.97 bits per heavy atom. The molecule has 2 fully saturated rings. The number of hydrogen-bond donors (Lipinski definition) is 3. The van der Waals surface area contributed by atoms with Crippen LogP contribution in [0.2, 0.25) is 0 Å². The van der Waals surface area contributed by atoms with Gasteiger partial charge in [0, 0.05) is 43.8 Å². The van der Waals surface area contributed by atoms with E-state index >= 15 is 0 Å². The summed E-state index contributed by atoms with van der Waals surface area (Å²) in [5.74, 6) is 1.03. The summed E-state index contributed by atoms with van der Waals surface area (Å²) < 4.78 is 5.32. The van der Waals surface area contributed by atoms with Crippen molar-refractivity contribution < 1.29 is 14.0 Å². The third kappa shape index (κ3) is 4.74. The summed E-state index contributed by atoms with van der Waals surface area (Å²) in [6.45, 7) is 2.57. The molecule has 2 saturated heterocycles. The number of rotatable bonds is 6. The number of benzene rings is 1. The van der Waals surface area contributed by atoms with E-state index in [1.807, 2.05) is 35.2 Å². The first-order chi connectivity index (χ1) is 16.1. The molecule has 0 radical (unpaired) electrons. The minimum absolute atomic E-state index is 0.0600. The fourth-order valence-electron chi connectivity index (χ4n) is 5.19. The number of thiocarbonyl (C=S) groups is 1. The van der Waals surface area contributed by atoms with Crippen LogP contribution in [0.3, 0.4) is 0 Å². The van der Waals surface area contributed by atoms with Crippen molar-refractivity contribution in [3.05, 3.63) is 54.0 Å². The second kappa shape index (κ2) is 9.52. The summed E-state index contributed by atoms with van der Waals surface area (Å²) in [6, 6.07) is 11.9. The number of hydrogen-bond acceptors (Lipinski definition) is 5. The quantitative estimate of drug-likeness (QED) is 0.556. The van der Waals surface area contributed by atoms with Gasteiger partial charge in [-0.1, -0.05) is 18.2 Å². The Bertz CT molecular complexity index is 1030. The van der Waals surface area contributed by atoms with Gasteiger partial charge >= 0.3 is 0 Å². The van der Waals surface area contributed by atoms with E-state index in [-0.39, 0.29) is 29.9 Å². The lowest BCUT2D eigenvalue weighted by Crippen LogP contribution is -2.58. The maximum atomic E-state index is 13.0. The third-order valence-electron chi connectivity index (χ3n) is 6.84. The van der Waals surface area contributed by atoms with Gasteiger partial charge < -0.3 is 25.3 Å². The van der Waals surface area contributed by atoms with Gasteiger partial charge in [0.15, 0.2) is 5.11 Å². The van der Waals surface area contributed by atoms with Gasteiger partial charge in [0.2, 0.25) is 11.8 Å². The average Bonchev–Trinajstić information content (AvgIpc) is 3.57. The van der Waals surface area contributed by atoms with Crippen molar-refractivity contribution in [2.45, 2.75) is 50.4 Å². The highest BCUT2D eigenvalue weighted by Gasteiger charge is 2.43. The Labute approximate surface area is 198 Å². The van der Waals surface area contributed by atoms with Crippen molar-refractivity contribution in [3.63, 3.8) is 0 Å². The molecule has 0 saturated carbocycles. The van der Waals surface area contributed by atoms with Crippen LogP contribution >= 0.6 is 12.2 Å². The number of furan rings is 1. The van der Waals surface area contributed by atoms with Crippen molar-refractivity contribution in [1.29, 1.82) is 0 Å². The van der Waals surface area contributed by atoms with E-state index in [1.165, 1.54) is 5.56 Å². The van der Waals surface area contributed by atoms with Crippen molar-refractivity contribution in [3.8, 4) is 0 Å². The predicted molar refractivity (Wildman–Crippen MR) is 129 cm³/mol. The Kier molecular flexibility index (Phi) is 6.32. The molecular weight excluding hydrogens is 438 g/mol. The molecule has 3 N–H and O–H groups in total. The Morgan fingerprint density at radius 1 is 1.24 bits per heavy atom. The molecule has 5 rings (SSSR count). The molecule has 3 atom stereocenters. The molecule has 8 nitrogen and oxygen atoms in total. The van der Waals surface area contributed by atoms with E-state index in [0.29, 0.717) is 31.0 Å². The first kappa shape index (κ1) is 21.9. The number of carbonyl (C=O) groups is 2. The number of nitrogens with zero attached hydrogens (tertiary/aromatic N) is 2. The molecule has 3 aliphatic rings. The van der Waals surface area contributed by atoms with Gasteiger partial charge in [-0.25, -0.2) is 0 Å². The molecule has 1 aromatic carbocycles. The van der Waals surface area contributed by atoms with Gasteiger partial charge in [-0.15, -0.1) is 0 Å². The maximum Gasteiger partial charge on any atom is 0.237 e. The predicted octanol–water partition coefficient (Wildman–Crippen LogP) is 1.55. The average molecular weight is 468 g/mol. The van der Waals surface area contributed by atoms with Crippen LogP contribution in [0.25, 0.3) is 0 Å². The van der Waals surface area contributed by atoms with E-state index in [0.717, 1.165) is 37.4 Å². The largest absolute Gasteiger partial charge is 0.467 e. The van der Waals surface area contributed by atoms with Gasteiger partial charge in [0.1, 0.15) is 5.76 Å². The number of fused-ring (bicyclic) bond motifs is 2. The molecule has 33 heavy (non-hydrogen) atoms. The monoisotopic (exact) mass is 467 g/mol. The summed E-state index contributed by atoms with van der Waals surface area (Å²) in [5.41, 5.74) is 2.28. The molecule has 174 valence electrons. The molecule has 2 aromatic rings. The van der Waals surface area contributed by atoms with Crippen LogP contribution in [0.1, 0.15) is 30.6 Å². The van der Waals surface area contributed by atoms with Crippen LogP contribution in [0.5, 0.6) is 0 Å². The highest BCUT2D eigenvalue weighted by molar-refractivity contribution is 7.80. The Balaban J connectivity index is 1.14. The van der Waals surface area contributed by atoms with Crippen LogP contribution < -0.4 is 20.9 Å². The van der Waals surface area contributed by atoms with Gasteiger partial charge in [-0.2, -0.15) is 0 Å². The lowest BCUT2D eigenvalue weighted by atomic mass is 10.0. The lowest BCUT2D eigenvalue weighted by Gasteiger charge is -2.37. The molecule has 9 heteroatoms. The second-order valence-corrected chi connectivity index (χ2v) is 9.32. The SMILES string of the molecule is O=C1NC[C@@H](CCC(=O)N2CCc3ccccc32)N2C[C@@H](NC(=S)NCc3ccco3)C[C@@H]12. The van der Waals surface area contributed by atoms with Crippen LogP contribution in [0.4, 0.5) is 5.69 Å². The molecule has 0 spiro atoms. The smallest absolute Gasteiger partial charge is 0.237 e. The summed E-state index contributed by atoms with van der Waals surface area (Å²) in [6.07, 6.45) is 4.44. The first-order valence-corrected chi connectivity index (χ1v) is 12.0. The van der Waals surface area contributed by atoms with Crippen molar-refractivity contribution in [2.75, 3.05) is 24.5 Å². The zero-order valence-electron chi connectivity index (χ0n) is 18.5. The third-order valence-corrected chi connectivity index (χ3v) is 7.10. The standard InChI is InChI=1S/C24H29N5O3S/c30-22(28-10-9-16-4-1-2-6-20(16)28)8-7-18-13-25-23(31)21-12-17(15-29(18)21)27-24(33)26-14-19-5-3-11-32-19/h1-6,11,17-18,21H,7-10,12-15H2,(H,25,31)(H2,26,27,33)/t17-,18+,21-/m0/s1. The Morgan fingerprint density at radius 2 is 2.12 bits per heavy atom. The fraction of sp³-hybridized carbons (Fsp3) is 0.458. The van der Waals surface area contributed by atoms with E-state index in [4.69, 9.17) is 16.6 Å². The lowest BCUT2D eigenvalue weighted by molar-refractivity contribution is -0.129. The second-order valence-electron chi connectivity index (χ2n) is 8.91. The number of nitrogens with one attached hydrogen (secondary N) is 3. The molecular formula is C24H29N5O3S. The van der Waals surface area contributed by atoms with Gasteiger partial charge in [-0.05, 0) is 55.2 Å². The maximum absolute atomic E-state index is 13.0. The number of amides is 2. The van der Waals surface area contributed by atoms with Crippen molar-refractivity contribution >= 4 is 34.8 Å². The Hall–Kier alpha value is -2.91. The number of anilines is 1. The molecule has 2 amide bonds. The highest BCUT2D eigenvalue weighted by atomic mass is 32.1. The highest BCUT2D eigenvalue weighted by Crippen LogP contribution is 2.30. The van der Waals surface area contributed by atoms with Gasteiger partial charge in [0.05, 0.1) is 18.8 Å². The van der Waals surface area contributed by atoms with Crippen LogP contribution in [0, 0.1) is 0 Å². The zero-order chi connectivity index (χ0) is 22.8. The summed E-state index contributed by atoms with van der Waals surface area (Å²) in [5, 5.41) is 10.1. The van der Waals surface area contributed by atoms with E-state index in [9.17, 15) is 9.59 Å². The zero-order valence-corrected chi connectivity index (χ0v) is 19.3. The van der Waals surface area contributed by atoms with Crippen LogP contribution in [-0.4, -0.2) is 59.6 Å². The van der Waals surface area contributed by atoms with E-state index in [1.54, 1.807) is 6.26 Å². The fourth-order valence-corrected chi connectivity index (χ4v) is 5.43. The first-order valence-electron chi connectivity index (χ1n) is 11.6. The van der Waals surface area contributed by atoms with Crippen molar-refractivity contribution in [1.82, 2.24) is 20.9 Å². The molecule has 0 unspecified atom stereocenters. The minimum atomic E-state index is -0.184. The molecule has 0 bridgehead atoms. The summed E-state index contributed by atoms with van der Waals surface area (Å²) >= 11 is 5.43. The number of para-hydroxylation sites is 1. The van der Waals surface area contributed by atoms with Crippen molar-refractivity contribution in [2.24, 2.45) is 0 Å². The molecule has 4 heterocycles. The topological polar surface area (TPSA) is 89.9 Å². The summed E-state index contributed by atoms with van der Waals surface area (Å²) in [7, 11) is 0. The van der Waals surface area contributed by atoms with Gasteiger partial charge in [0.25, 0.3) is 0 Å². The van der Waals surface area contributed by atoms with Crippen LogP contribution in [0.15, 0.2) is 47.1 Å².